The van der Waals surface area contributed by atoms with Gasteiger partial charge in [-0.3, -0.25) is 4.40 Å². The van der Waals surface area contributed by atoms with Gasteiger partial charge in [0.1, 0.15) is 5.82 Å². The lowest BCUT2D eigenvalue weighted by atomic mass is 10.2. The summed E-state index contributed by atoms with van der Waals surface area (Å²) in [7, 11) is 3.02. The van der Waals surface area contributed by atoms with Crippen LogP contribution in [0.25, 0.3) is 5.65 Å². The van der Waals surface area contributed by atoms with Crippen molar-refractivity contribution in [2.75, 3.05) is 20.8 Å². The fourth-order valence-corrected chi connectivity index (χ4v) is 1.72. The Morgan fingerprint density at radius 3 is 2.89 bits per heavy atom. The number of rotatable bonds is 5. The normalized spacial score (nSPS) is 10.8. The van der Waals surface area contributed by atoms with E-state index in [9.17, 15) is 4.79 Å². The lowest BCUT2D eigenvalue weighted by molar-refractivity contribution is 0.0600. The van der Waals surface area contributed by atoms with Crippen LogP contribution in [0.2, 0.25) is 0 Å². The quantitative estimate of drug-likeness (QED) is 0.586. The number of hydrogen-bond donors (Lipinski definition) is 0. The van der Waals surface area contributed by atoms with E-state index in [1.165, 1.54) is 7.11 Å². The second kappa shape index (κ2) is 5.59. The highest BCUT2D eigenvalue weighted by molar-refractivity contribution is 5.89. The van der Waals surface area contributed by atoms with E-state index in [1.54, 1.807) is 25.4 Å². The Morgan fingerprint density at radius 1 is 1.33 bits per heavy atom. The molecule has 0 radical (unpaired) electrons. The summed E-state index contributed by atoms with van der Waals surface area (Å²) in [6, 6.07) is 3.42. The summed E-state index contributed by atoms with van der Waals surface area (Å²) >= 11 is 0. The molecule has 6 heteroatoms. The van der Waals surface area contributed by atoms with Crippen LogP contribution < -0.4 is 0 Å². The molecule has 96 valence electrons. The molecule has 0 amide bonds. The number of nitrogens with zero attached hydrogens (tertiary/aromatic N) is 3. The molecule has 0 aliphatic carbocycles. The molecule has 6 nitrogen and oxygen atoms in total. The second-order valence-electron chi connectivity index (χ2n) is 3.85. The molecule has 0 aliphatic heterocycles. The first-order valence-electron chi connectivity index (χ1n) is 5.67. The Hall–Kier alpha value is -1.95. The summed E-state index contributed by atoms with van der Waals surface area (Å²) in [6.07, 6.45) is 3.31. The van der Waals surface area contributed by atoms with E-state index < -0.39 is 0 Å². The van der Waals surface area contributed by atoms with Gasteiger partial charge in [0.15, 0.2) is 5.65 Å². The van der Waals surface area contributed by atoms with Crippen LogP contribution in [0.4, 0.5) is 0 Å². The molecular formula is C12H15N3O3. The van der Waals surface area contributed by atoms with Crippen molar-refractivity contribution in [2.24, 2.45) is 0 Å². The Balaban J connectivity index is 2.28. The van der Waals surface area contributed by atoms with Gasteiger partial charge in [-0.05, 0) is 18.6 Å². The number of carbonyl (C=O) groups is 1. The van der Waals surface area contributed by atoms with Crippen LogP contribution in [-0.2, 0) is 15.9 Å². The fraction of sp³-hybridized carbons (Fsp3) is 0.417. The van der Waals surface area contributed by atoms with Gasteiger partial charge in [-0.15, -0.1) is 10.2 Å². The Kier molecular flexibility index (Phi) is 3.88. The van der Waals surface area contributed by atoms with Crippen molar-refractivity contribution in [3.63, 3.8) is 0 Å². The predicted octanol–water partition coefficient (Wildman–Crippen LogP) is 1.09. The number of fused-ring (bicyclic) bond motifs is 1. The van der Waals surface area contributed by atoms with Crippen LogP contribution in [0.1, 0.15) is 22.6 Å². The summed E-state index contributed by atoms with van der Waals surface area (Å²) in [6.45, 7) is 0.672. The summed E-state index contributed by atoms with van der Waals surface area (Å²) in [4.78, 5) is 11.5. The molecule has 0 N–H and O–H groups in total. The van der Waals surface area contributed by atoms with E-state index in [0.717, 1.165) is 24.3 Å². The zero-order chi connectivity index (χ0) is 13.0. The van der Waals surface area contributed by atoms with E-state index in [-0.39, 0.29) is 5.97 Å². The average Bonchev–Trinajstić information content (AvgIpc) is 2.81. The van der Waals surface area contributed by atoms with E-state index >= 15 is 0 Å². The molecule has 0 saturated heterocycles. The number of methoxy groups -OCH3 is 2. The maximum atomic E-state index is 11.5. The first-order chi connectivity index (χ1) is 8.76. The summed E-state index contributed by atoms with van der Waals surface area (Å²) in [5, 5.41) is 8.14. The van der Waals surface area contributed by atoms with Crippen molar-refractivity contribution in [2.45, 2.75) is 12.8 Å². The number of hydrogen-bond acceptors (Lipinski definition) is 5. The van der Waals surface area contributed by atoms with E-state index in [4.69, 9.17) is 4.74 Å². The summed E-state index contributed by atoms with van der Waals surface area (Å²) in [5.41, 5.74) is 1.20. The number of aryl methyl sites for hydroxylation is 1. The summed E-state index contributed by atoms with van der Waals surface area (Å²) in [5.74, 6) is 0.446. The van der Waals surface area contributed by atoms with E-state index in [2.05, 4.69) is 14.9 Å². The number of aromatic nitrogens is 3. The van der Waals surface area contributed by atoms with Crippen LogP contribution in [0.5, 0.6) is 0 Å². The van der Waals surface area contributed by atoms with Gasteiger partial charge >= 0.3 is 5.97 Å². The largest absolute Gasteiger partial charge is 0.465 e. The molecule has 0 atom stereocenters. The average molecular weight is 249 g/mol. The van der Waals surface area contributed by atoms with E-state index in [0.29, 0.717) is 12.2 Å². The van der Waals surface area contributed by atoms with Crippen molar-refractivity contribution < 1.29 is 14.3 Å². The molecule has 18 heavy (non-hydrogen) atoms. The third-order valence-electron chi connectivity index (χ3n) is 2.64. The molecular weight excluding hydrogens is 234 g/mol. The minimum Gasteiger partial charge on any atom is -0.465 e. The minimum absolute atomic E-state index is 0.367. The SMILES string of the molecule is COCCCc1nnc2ccc(C(=O)OC)cn12. The summed E-state index contributed by atoms with van der Waals surface area (Å²) < 4.78 is 11.5. The minimum atomic E-state index is -0.367. The monoisotopic (exact) mass is 249 g/mol. The van der Waals surface area contributed by atoms with Crippen LogP contribution >= 0.6 is 0 Å². The van der Waals surface area contributed by atoms with Crippen LogP contribution in [0, 0.1) is 0 Å². The van der Waals surface area contributed by atoms with Crippen molar-refractivity contribution in [3.05, 3.63) is 29.7 Å². The third-order valence-corrected chi connectivity index (χ3v) is 2.64. The molecule has 0 aliphatic rings. The smallest absolute Gasteiger partial charge is 0.339 e. The molecule has 0 aromatic carbocycles. The molecule has 2 aromatic rings. The van der Waals surface area contributed by atoms with Gasteiger partial charge in [0.2, 0.25) is 0 Å². The Bertz CT molecular complexity index is 550. The predicted molar refractivity (Wildman–Crippen MR) is 64.5 cm³/mol. The molecule has 0 unspecified atom stereocenters. The molecule has 0 bridgehead atoms. The highest BCUT2D eigenvalue weighted by Gasteiger charge is 2.10. The van der Waals surface area contributed by atoms with Crippen molar-refractivity contribution in [1.29, 1.82) is 0 Å². The zero-order valence-electron chi connectivity index (χ0n) is 10.4. The fourth-order valence-electron chi connectivity index (χ4n) is 1.72. The van der Waals surface area contributed by atoms with E-state index in [1.807, 2.05) is 4.40 Å². The molecule has 0 saturated carbocycles. The highest BCUT2D eigenvalue weighted by atomic mass is 16.5. The number of carbonyl (C=O) groups excluding carboxylic acids is 1. The maximum absolute atomic E-state index is 11.5. The van der Waals surface area contributed by atoms with Gasteiger partial charge < -0.3 is 9.47 Å². The third kappa shape index (κ3) is 2.48. The number of esters is 1. The lowest BCUT2D eigenvalue weighted by Crippen LogP contribution is -2.04. The second-order valence-corrected chi connectivity index (χ2v) is 3.85. The van der Waals surface area contributed by atoms with Crippen molar-refractivity contribution in [1.82, 2.24) is 14.6 Å². The van der Waals surface area contributed by atoms with Gasteiger partial charge in [-0.1, -0.05) is 0 Å². The molecule has 0 fully saturated rings. The lowest BCUT2D eigenvalue weighted by Gasteiger charge is -2.02. The number of pyridine rings is 1. The number of ether oxygens (including phenoxy) is 2. The van der Waals surface area contributed by atoms with Crippen molar-refractivity contribution in [3.8, 4) is 0 Å². The molecule has 2 rings (SSSR count). The topological polar surface area (TPSA) is 65.7 Å². The van der Waals surface area contributed by atoms with Crippen LogP contribution in [0.3, 0.4) is 0 Å². The van der Waals surface area contributed by atoms with Crippen molar-refractivity contribution >= 4 is 11.6 Å². The first kappa shape index (κ1) is 12.5. The van der Waals surface area contributed by atoms with Gasteiger partial charge in [0, 0.05) is 26.3 Å². The van der Waals surface area contributed by atoms with Crippen LogP contribution in [-0.4, -0.2) is 41.4 Å². The van der Waals surface area contributed by atoms with Gasteiger partial charge in [-0.25, -0.2) is 4.79 Å². The van der Waals surface area contributed by atoms with Crippen LogP contribution in [0.15, 0.2) is 18.3 Å². The molecule has 0 spiro atoms. The van der Waals surface area contributed by atoms with Gasteiger partial charge in [0.05, 0.1) is 12.7 Å². The first-order valence-corrected chi connectivity index (χ1v) is 5.67. The maximum Gasteiger partial charge on any atom is 0.339 e. The zero-order valence-corrected chi connectivity index (χ0v) is 10.4. The Morgan fingerprint density at radius 2 is 2.17 bits per heavy atom. The molecule has 2 aromatic heterocycles. The van der Waals surface area contributed by atoms with Gasteiger partial charge in [-0.2, -0.15) is 0 Å². The van der Waals surface area contributed by atoms with Gasteiger partial charge in [0.25, 0.3) is 0 Å². The highest BCUT2D eigenvalue weighted by Crippen LogP contribution is 2.09. The standard InChI is InChI=1S/C12H15N3O3/c1-17-7-3-4-10-13-14-11-6-5-9(8-15(10)11)12(16)18-2/h5-6,8H,3-4,7H2,1-2H3. The molecule has 2 heterocycles. The Labute approximate surface area is 105 Å².